The minimum Gasteiger partial charge on any atom is -0.350 e. The molecule has 21 heavy (non-hydrogen) atoms. The summed E-state index contributed by atoms with van der Waals surface area (Å²) in [6.07, 6.45) is 12.6. The number of unbranched alkanes of at least 4 members (excludes halogenated alkanes) is 6. The maximum Gasteiger partial charge on any atom is 0.246 e. The first-order valence-corrected chi connectivity index (χ1v) is 8.17. The van der Waals surface area contributed by atoms with Crippen molar-refractivity contribution in [3.8, 4) is 0 Å². The molecule has 0 rings (SSSR count). The van der Waals surface area contributed by atoms with Crippen LogP contribution in [-0.2, 0) is 9.59 Å². The number of nitrogens with one attached hydrogen (secondary N) is 1. The molecule has 0 bridgehead atoms. The lowest BCUT2D eigenvalue weighted by molar-refractivity contribution is -0.124. The van der Waals surface area contributed by atoms with Crippen LogP contribution in [0.25, 0.3) is 0 Å². The van der Waals surface area contributed by atoms with Gasteiger partial charge in [0, 0.05) is 32.3 Å². The second kappa shape index (κ2) is 12.4. The molecule has 0 aromatic carbocycles. The molecule has 0 aromatic heterocycles. The van der Waals surface area contributed by atoms with Gasteiger partial charge in [-0.05, 0) is 13.3 Å². The summed E-state index contributed by atoms with van der Waals surface area (Å²) in [7, 11) is 3.32. The second-order valence-electron chi connectivity index (χ2n) is 5.89. The van der Waals surface area contributed by atoms with Crippen LogP contribution < -0.4 is 5.32 Å². The normalized spacial score (nSPS) is 12.4. The molecular formula is C17H32N2O2. The summed E-state index contributed by atoms with van der Waals surface area (Å²) < 4.78 is 0. The van der Waals surface area contributed by atoms with Gasteiger partial charge in [-0.2, -0.15) is 0 Å². The smallest absolute Gasteiger partial charge is 0.246 e. The van der Waals surface area contributed by atoms with Crippen molar-refractivity contribution in [3.63, 3.8) is 0 Å². The van der Waals surface area contributed by atoms with Gasteiger partial charge in [-0.3, -0.25) is 9.59 Å². The Hall–Kier alpha value is -1.32. The van der Waals surface area contributed by atoms with Crippen molar-refractivity contribution in [2.75, 3.05) is 14.1 Å². The first-order chi connectivity index (χ1) is 9.97. The maximum atomic E-state index is 11.6. The highest BCUT2D eigenvalue weighted by molar-refractivity contribution is 5.96. The molecule has 1 unspecified atom stereocenters. The van der Waals surface area contributed by atoms with Crippen molar-refractivity contribution >= 4 is 11.8 Å². The average Bonchev–Trinajstić information content (AvgIpc) is 2.43. The fraction of sp³-hybridized carbons (Fsp3) is 0.765. The van der Waals surface area contributed by atoms with Crippen LogP contribution in [0.5, 0.6) is 0 Å². The molecule has 0 aliphatic carbocycles. The molecular weight excluding hydrogens is 264 g/mol. The van der Waals surface area contributed by atoms with Crippen LogP contribution in [-0.4, -0.2) is 36.9 Å². The summed E-state index contributed by atoms with van der Waals surface area (Å²) in [5.74, 6) is -0.370. The van der Waals surface area contributed by atoms with Crippen molar-refractivity contribution in [1.82, 2.24) is 10.2 Å². The van der Waals surface area contributed by atoms with E-state index < -0.39 is 0 Å². The number of hydrogen-bond acceptors (Lipinski definition) is 2. The summed E-state index contributed by atoms with van der Waals surface area (Å²) >= 11 is 0. The van der Waals surface area contributed by atoms with Crippen molar-refractivity contribution in [2.45, 2.75) is 71.3 Å². The van der Waals surface area contributed by atoms with E-state index in [0.717, 1.165) is 12.8 Å². The largest absolute Gasteiger partial charge is 0.350 e. The Balaban J connectivity index is 3.67. The molecule has 1 N–H and O–H groups in total. The fourth-order valence-electron chi connectivity index (χ4n) is 2.07. The van der Waals surface area contributed by atoms with Crippen LogP contribution in [0, 0.1) is 0 Å². The van der Waals surface area contributed by atoms with Gasteiger partial charge in [0.2, 0.25) is 11.8 Å². The lowest BCUT2D eigenvalue weighted by Gasteiger charge is -2.12. The maximum absolute atomic E-state index is 11.6. The predicted octanol–water partition coefficient (Wildman–Crippen LogP) is 3.28. The lowest BCUT2D eigenvalue weighted by atomic mass is 10.1. The second-order valence-corrected chi connectivity index (χ2v) is 5.89. The SMILES string of the molecule is CCCCCCCCCC(C)NC(=O)/C=C\C(=O)N(C)C. The monoisotopic (exact) mass is 296 g/mol. The highest BCUT2D eigenvalue weighted by Gasteiger charge is 2.05. The topological polar surface area (TPSA) is 49.4 Å². The lowest BCUT2D eigenvalue weighted by Crippen LogP contribution is -2.31. The van der Waals surface area contributed by atoms with Crippen LogP contribution in [0.4, 0.5) is 0 Å². The van der Waals surface area contributed by atoms with E-state index in [1.807, 2.05) is 6.92 Å². The van der Waals surface area contributed by atoms with Gasteiger partial charge in [0.15, 0.2) is 0 Å². The molecule has 0 fully saturated rings. The zero-order chi connectivity index (χ0) is 16.1. The van der Waals surface area contributed by atoms with E-state index in [1.54, 1.807) is 14.1 Å². The minimum atomic E-state index is -0.194. The van der Waals surface area contributed by atoms with Crippen LogP contribution in [0.2, 0.25) is 0 Å². The van der Waals surface area contributed by atoms with Crippen LogP contribution in [0.3, 0.4) is 0 Å². The zero-order valence-electron chi connectivity index (χ0n) is 14.2. The molecule has 0 heterocycles. The molecule has 0 aliphatic rings. The first-order valence-electron chi connectivity index (χ1n) is 8.17. The Kier molecular flexibility index (Phi) is 11.6. The van der Waals surface area contributed by atoms with E-state index in [2.05, 4.69) is 12.2 Å². The summed E-state index contributed by atoms with van der Waals surface area (Å²) in [6, 6.07) is 0.159. The molecule has 2 amide bonds. The first kappa shape index (κ1) is 19.7. The van der Waals surface area contributed by atoms with E-state index in [4.69, 9.17) is 0 Å². The van der Waals surface area contributed by atoms with Gasteiger partial charge in [-0.25, -0.2) is 0 Å². The minimum absolute atomic E-state index is 0.159. The molecule has 0 saturated heterocycles. The zero-order valence-corrected chi connectivity index (χ0v) is 14.2. The highest BCUT2D eigenvalue weighted by atomic mass is 16.2. The van der Waals surface area contributed by atoms with Crippen molar-refractivity contribution in [3.05, 3.63) is 12.2 Å². The van der Waals surface area contributed by atoms with Gasteiger partial charge in [0.1, 0.15) is 0 Å². The Morgan fingerprint density at radius 1 is 1.00 bits per heavy atom. The Labute approximate surface area is 130 Å². The molecule has 0 saturated carbocycles. The molecule has 0 aliphatic heterocycles. The van der Waals surface area contributed by atoms with Crippen LogP contribution >= 0.6 is 0 Å². The van der Waals surface area contributed by atoms with Gasteiger partial charge >= 0.3 is 0 Å². The molecule has 4 nitrogen and oxygen atoms in total. The Morgan fingerprint density at radius 2 is 1.57 bits per heavy atom. The summed E-state index contributed by atoms with van der Waals surface area (Å²) in [4.78, 5) is 24.4. The molecule has 0 spiro atoms. The molecule has 0 radical (unpaired) electrons. The van der Waals surface area contributed by atoms with Crippen molar-refractivity contribution in [1.29, 1.82) is 0 Å². The number of amides is 2. The van der Waals surface area contributed by atoms with Gasteiger partial charge in [0.05, 0.1) is 0 Å². The fourth-order valence-corrected chi connectivity index (χ4v) is 2.07. The number of rotatable bonds is 11. The summed E-state index contributed by atoms with van der Waals surface area (Å²) in [6.45, 7) is 4.24. The van der Waals surface area contributed by atoms with Crippen LogP contribution in [0.1, 0.15) is 65.2 Å². The third-order valence-electron chi connectivity index (χ3n) is 3.45. The van der Waals surface area contributed by atoms with Gasteiger partial charge < -0.3 is 10.2 Å². The number of nitrogens with zero attached hydrogens (tertiary/aromatic N) is 1. The van der Waals surface area contributed by atoms with Crippen molar-refractivity contribution < 1.29 is 9.59 Å². The van der Waals surface area contributed by atoms with Crippen molar-refractivity contribution in [2.24, 2.45) is 0 Å². The van der Waals surface area contributed by atoms with Gasteiger partial charge in [0.25, 0.3) is 0 Å². The predicted molar refractivity (Wildman–Crippen MR) is 88.0 cm³/mol. The number of carbonyl (C=O) groups is 2. The third kappa shape index (κ3) is 12.2. The van der Waals surface area contributed by atoms with E-state index in [1.165, 1.54) is 55.6 Å². The Bertz CT molecular complexity index is 325. The average molecular weight is 296 g/mol. The standard InChI is InChI=1S/C17H32N2O2/c1-5-6-7-8-9-10-11-12-15(2)18-16(20)13-14-17(21)19(3)4/h13-15H,5-12H2,1-4H3,(H,18,20)/b14-13-. The molecule has 0 aromatic rings. The van der Waals surface area contributed by atoms with E-state index >= 15 is 0 Å². The molecule has 122 valence electrons. The molecule has 1 atom stereocenters. The van der Waals surface area contributed by atoms with Crippen LogP contribution in [0.15, 0.2) is 12.2 Å². The summed E-state index contributed by atoms with van der Waals surface area (Å²) in [5, 5.41) is 2.89. The number of hydrogen-bond donors (Lipinski definition) is 1. The number of carbonyl (C=O) groups excluding carboxylic acids is 2. The highest BCUT2D eigenvalue weighted by Crippen LogP contribution is 2.09. The van der Waals surface area contributed by atoms with Gasteiger partial charge in [-0.15, -0.1) is 0 Å². The third-order valence-corrected chi connectivity index (χ3v) is 3.45. The quantitative estimate of drug-likeness (QED) is 0.470. The summed E-state index contributed by atoms with van der Waals surface area (Å²) in [5.41, 5.74) is 0. The van der Waals surface area contributed by atoms with E-state index in [0.29, 0.717) is 0 Å². The van der Waals surface area contributed by atoms with E-state index in [9.17, 15) is 9.59 Å². The van der Waals surface area contributed by atoms with Gasteiger partial charge in [-0.1, -0.05) is 51.9 Å². The van der Waals surface area contributed by atoms with E-state index in [-0.39, 0.29) is 17.9 Å². The Morgan fingerprint density at radius 3 is 2.14 bits per heavy atom. The number of likely N-dealkylation sites (N-methyl/N-ethyl adjacent to an activating group) is 1. The molecule has 4 heteroatoms.